The Kier molecular flexibility index (Phi) is 4.35. The van der Waals surface area contributed by atoms with Crippen LogP contribution in [0, 0.1) is 10.1 Å². The third kappa shape index (κ3) is 3.38. The van der Waals surface area contributed by atoms with Gasteiger partial charge in [-0.1, -0.05) is 0 Å². The molecule has 0 radical (unpaired) electrons. The Morgan fingerprint density at radius 2 is 2.09 bits per heavy atom. The summed E-state index contributed by atoms with van der Waals surface area (Å²) in [4.78, 5) is 28.7. The number of nitrogens with zero attached hydrogens (tertiary/aromatic N) is 3. The van der Waals surface area contributed by atoms with Gasteiger partial charge in [0.25, 0.3) is 11.6 Å². The third-order valence-corrected chi connectivity index (χ3v) is 4.53. The van der Waals surface area contributed by atoms with E-state index in [9.17, 15) is 14.9 Å². The van der Waals surface area contributed by atoms with Crippen molar-refractivity contribution < 1.29 is 14.8 Å². The van der Waals surface area contributed by atoms with E-state index >= 15 is 0 Å². The molecule has 0 unspecified atom stereocenters. The Morgan fingerprint density at radius 1 is 1.39 bits per heavy atom. The zero-order valence-electron chi connectivity index (χ0n) is 12.2. The summed E-state index contributed by atoms with van der Waals surface area (Å²) >= 11 is 1.32. The molecule has 3 rings (SSSR count). The molecule has 1 saturated carbocycles. The molecule has 2 aromatic rings. The van der Waals surface area contributed by atoms with Crippen LogP contribution in [-0.2, 0) is 0 Å². The lowest BCUT2D eigenvalue weighted by Gasteiger charge is -2.19. The number of non-ortho nitro benzene ring substituents is 1. The van der Waals surface area contributed by atoms with Crippen LogP contribution in [0.5, 0.6) is 0 Å². The third-order valence-electron chi connectivity index (χ3n) is 3.64. The Balaban J connectivity index is 1.79. The van der Waals surface area contributed by atoms with Crippen molar-refractivity contribution in [1.29, 1.82) is 0 Å². The smallest absolute Gasteiger partial charge is 0.273 e. The average molecular weight is 333 g/mol. The van der Waals surface area contributed by atoms with Crippen LogP contribution in [0.2, 0.25) is 0 Å². The van der Waals surface area contributed by atoms with Gasteiger partial charge in [-0.05, 0) is 25.0 Å². The molecule has 120 valence electrons. The van der Waals surface area contributed by atoms with Crippen LogP contribution >= 0.6 is 11.3 Å². The van der Waals surface area contributed by atoms with Gasteiger partial charge >= 0.3 is 0 Å². The van der Waals surface area contributed by atoms with Crippen LogP contribution in [0.4, 0.5) is 5.69 Å². The lowest BCUT2D eigenvalue weighted by molar-refractivity contribution is -0.384. The Bertz CT molecular complexity index is 725. The maximum atomic E-state index is 12.5. The fourth-order valence-electron chi connectivity index (χ4n) is 2.32. The number of thiazole rings is 1. The summed E-state index contributed by atoms with van der Waals surface area (Å²) in [6.45, 7) is 0.246. The van der Waals surface area contributed by atoms with Crippen molar-refractivity contribution >= 4 is 22.9 Å². The molecule has 23 heavy (non-hydrogen) atoms. The van der Waals surface area contributed by atoms with Crippen LogP contribution in [0.25, 0.3) is 10.6 Å². The van der Waals surface area contributed by atoms with Gasteiger partial charge in [0.1, 0.15) is 10.7 Å². The van der Waals surface area contributed by atoms with Gasteiger partial charge in [-0.2, -0.15) is 0 Å². The highest BCUT2D eigenvalue weighted by Crippen LogP contribution is 2.30. The first kappa shape index (κ1) is 15.6. The van der Waals surface area contributed by atoms with E-state index in [1.807, 2.05) is 0 Å². The van der Waals surface area contributed by atoms with Gasteiger partial charge in [0.2, 0.25) is 0 Å². The highest BCUT2D eigenvalue weighted by molar-refractivity contribution is 7.13. The summed E-state index contributed by atoms with van der Waals surface area (Å²) < 4.78 is 0. The molecule has 1 aliphatic carbocycles. The lowest BCUT2D eigenvalue weighted by atomic mass is 10.2. The van der Waals surface area contributed by atoms with Crippen molar-refractivity contribution in [1.82, 2.24) is 9.88 Å². The van der Waals surface area contributed by atoms with Gasteiger partial charge in [0, 0.05) is 35.7 Å². The summed E-state index contributed by atoms with van der Waals surface area (Å²) in [6.07, 6.45) is 1.93. The topological polar surface area (TPSA) is 96.6 Å². The monoisotopic (exact) mass is 333 g/mol. The second-order valence-electron chi connectivity index (χ2n) is 5.30. The molecule has 0 bridgehead atoms. The van der Waals surface area contributed by atoms with E-state index < -0.39 is 4.92 Å². The lowest BCUT2D eigenvalue weighted by Crippen LogP contribution is -2.35. The molecule has 8 heteroatoms. The number of amides is 1. The maximum absolute atomic E-state index is 12.5. The molecule has 0 atom stereocenters. The predicted octanol–water partition coefficient (Wildman–Crippen LogP) is 2.32. The highest BCUT2D eigenvalue weighted by atomic mass is 32.1. The number of carbonyl (C=O) groups excluding carboxylic acids is 1. The van der Waals surface area contributed by atoms with Gasteiger partial charge in [0.15, 0.2) is 0 Å². The van der Waals surface area contributed by atoms with Gasteiger partial charge in [-0.3, -0.25) is 14.9 Å². The number of aromatic nitrogens is 1. The summed E-state index contributed by atoms with van der Waals surface area (Å²) in [7, 11) is 0. The molecular formula is C15H15N3O4S. The van der Waals surface area contributed by atoms with Gasteiger partial charge < -0.3 is 10.0 Å². The summed E-state index contributed by atoms with van der Waals surface area (Å²) in [6, 6.07) is 6.29. The number of hydrogen-bond acceptors (Lipinski definition) is 6. The molecule has 0 spiro atoms. The number of hydrogen-bond donors (Lipinski definition) is 1. The standard InChI is InChI=1S/C15H15N3O4S/c19-8-7-17(11-5-6-11)15(20)13-9-23-14(16-13)10-1-3-12(4-2-10)18(21)22/h1-4,9,11,19H,5-8H2. The first-order chi connectivity index (χ1) is 11.1. The fourth-order valence-corrected chi connectivity index (χ4v) is 3.12. The maximum Gasteiger partial charge on any atom is 0.273 e. The van der Waals surface area contributed by atoms with E-state index in [-0.39, 0.29) is 24.2 Å². The molecule has 0 aliphatic heterocycles. The minimum absolute atomic E-state index is 0.0180. The Hall–Kier alpha value is -2.32. The van der Waals surface area contributed by atoms with Crippen molar-refractivity contribution in [2.45, 2.75) is 18.9 Å². The largest absolute Gasteiger partial charge is 0.395 e. The van der Waals surface area contributed by atoms with E-state index in [2.05, 4.69) is 4.98 Å². The minimum Gasteiger partial charge on any atom is -0.395 e. The number of carbonyl (C=O) groups is 1. The van der Waals surface area contributed by atoms with Crippen LogP contribution in [0.15, 0.2) is 29.6 Å². The number of rotatable bonds is 6. The van der Waals surface area contributed by atoms with Crippen molar-refractivity contribution in [3.63, 3.8) is 0 Å². The Morgan fingerprint density at radius 3 is 2.65 bits per heavy atom. The van der Waals surface area contributed by atoms with Crippen molar-refractivity contribution in [3.05, 3.63) is 45.5 Å². The van der Waals surface area contributed by atoms with Crippen LogP contribution in [0.1, 0.15) is 23.3 Å². The first-order valence-corrected chi connectivity index (χ1v) is 8.10. The molecule has 0 saturated heterocycles. The number of nitro groups is 1. The SMILES string of the molecule is O=C(c1csc(-c2ccc([N+](=O)[O-])cc2)n1)N(CCO)C1CC1. The van der Waals surface area contributed by atoms with Gasteiger partial charge in [-0.25, -0.2) is 4.98 Å². The number of aliphatic hydroxyl groups excluding tert-OH is 1. The molecular weight excluding hydrogens is 318 g/mol. The zero-order valence-corrected chi connectivity index (χ0v) is 13.0. The number of aliphatic hydroxyl groups is 1. The average Bonchev–Trinajstić information content (AvgIpc) is 3.27. The molecule has 1 N–H and O–H groups in total. The van der Waals surface area contributed by atoms with Crippen LogP contribution in [0.3, 0.4) is 0 Å². The van der Waals surface area contributed by atoms with E-state index in [1.165, 1.54) is 23.5 Å². The molecule has 1 fully saturated rings. The first-order valence-electron chi connectivity index (χ1n) is 7.22. The minimum atomic E-state index is -0.455. The van der Waals surface area contributed by atoms with E-state index in [0.717, 1.165) is 18.4 Å². The predicted molar refractivity (Wildman–Crippen MR) is 85.3 cm³/mol. The van der Waals surface area contributed by atoms with Crippen LogP contribution < -0.4 is 0 Å². The fraction of sp³-hybridized carbons (Fsp3) is 0.333. The van der Waals surface area contributed by atoms with Crippen molar-refractivity contribution in [2.24, 2.45) is 0 Å². The number of nitro benzene ring substituents is 1. The molecule has 1 aromatic heterocycles. The van der Waals surface area contributed by atoms with Crippen molar-refractivity contribution in [2.75, 3.05) is 13.2 Å². The molecule has 1 aliphatic rings. The van der Waals surface area contributed by atoms with E-state index in [1.54, 1.807) is 22.4 Å². The summed E-state index contributed by atoms with van der Waals surface area (Å²) in [5.74, 6) is -0.175. The summed E-state index contributed by atoms with van der Waals surface area (Å²) in [5, 5.41) is 22.1. The van der Waals surface area contributed by atoms with E-state index in [4.69, 9.17) is 5.11 Å². The quantitative estimate of drug-likeness (QED) is 0.646. The Labute approximate surface area is 136 Å². The second kappa shape index (κ2) is 6.43. The zero-order chi connectivity index (χ0) is 16.4. The van der Waals surface area contributed by atoms with E-state index in [0.29, 0.717) is 17.2 Å². The summed E-state index contributed by atoms with van der Waals surface area (Å²) in [5.41, 5.74) is 1.10. The molecule has 7 nitrogen and oxygen atoms in total. The molecule has 1 amide bonds. The molecule has 1 aromatic carbocycles. The normalized spacial score (nSPS) is 13.8. The van der Waals surface area contributed by atoms with Crippen molar-refractivity contribution in [3.8, 4) is 10.6 Å². The van der Waals surface area contributed by atoms with Gasteiger partial charge in [-0.15, -0.1) is 11.3 Å². The highest BCUT2D eigenvalue weighted by Gasteiger charge is 2.33. The van der Waals surface area contributed by atoms with Gasteiger partial charge in [0.05, 0.1) is 11.5 Å². The molecule has 1 heterocycles. The number of benzene rings is 1. The van der Waals surface area contributed by atoms with Crippen LogP contribution in [-0.4, -0.2) is 45.0 Å². The second-order valence-corrected chi connectivity index (χ2v) is 6.15.